The smallest absolute Gasteiger partial charge is 0.302 e. The van der Waals surface area contributed by atoms with E-state index in [1.807, 2.05) is 24.4 Å². The van der Waals surface area contributed by atoms with Crippen molar-refractivity contribution in [1.82, 2.24) is 4.98 Å². The summed E-state index contributed by atoms with van der Waals surface area (Å²) in [5, 5.41) is 1.19. The zero-order chi connectivity index (χ0) is 10.7. The number of ether oxygens (including phenoxy) is 1. The van der Waals surface area contributed by atoms with E-state index < -0.39 is 0 Å². The molecule has 0 aliphatic carbocycles. The van der Waals surface area contributed by atoms with E-state index in [0.29, 0.717) is 6.61 Å². The third-order valence-electron chi connectivity index (χ3n) is 2.35. The average molecular weight is 203 g/mol. The number of hydrogen-bond donors (Lipinski definition) is 1. The first kappa shape index (κ1) is 9.77. The van der Waals surface area contributed by atoms with Crippen molar-refractivity contribution < 1.29 is 9.53 Å². The van der Waals surface area contributed by atoms with Gasteiger partial charge in [-0.15, -0.1) is 0 Å². The molecule has 3 heteroatoms. The number of rotatable bonds is 3. The molecule has 0 bridgehead atoms. The molecule has 1 heterocycles. The Labute approximate surface area is 88.1 Å². The maximum Gasteiger partial charge on any atom is 0.302 e. The number of fused-ring (bicyclic) bond motifs is 1. The van der Waals surface area contributed by atoms with Crippen molar-refractivity contribution in [3.63, 3.8) is 0 Å². The standard InChI is InChI=1S/C12H13NO2/c1-9(14)15-8-6-11-4-2-3-10-5-7-13-12(10)11/h2-5,7,13H,6,8H2,1H3. The van der Waals surface area contributed by atoms with Crippen molar-refractivity contribution in [1.29, 1.82) is 0 Å². The van der Waals surface area contributed by atoms with Gasteiger partial charge in [-0.25, -0.2) is 0 Å². The molecule has 78 valence electrons. The number of carbonyl (C=O) groups excluding carboxylic acids is 1. The van der Waals surface area contributed by atoms with Gasteiger partial charge in [0.15, 0.2) is 0 Å². The number of nitrogens with one attached hydrogen (secondary N) is 1. The molecule has 0 aliphatic heterocycles. The molecule has 0 fully saturated rings. The number of benzene rings is 1. The molecule has 1 N–H and O–H groups in total. The lowest BCUT2D eigenvalue weighted by Gasteiger charge is -2.03. The lowest BCUT2D eigenvalue weighted by atomic mass is 10.1. The second kappa shape index (κ2) is 4.17. The highest BCUT2D eigenvalue weighted by atomic mass is 16.5. The van der Waals surface area contributed by atoms with Gasteiger partial charge in [-0.05, 0) is 17.0 Å². The fourth-order valence-electron chi connectivity index (χ4n) is 1.66. The Morgan fingerprint density at radius 3 is 3.07 bits per heavy atom. The fraction of sp³-hybridized carbons (Fsp3) is 0.250. The fourth-order valence-corrected chi connectivity index (χ4v) is 1.66. The summed E-state index contributed by atoms with van der Waals surface area (Å²) in [5.41, 5.74) is 2.31. The molecule has 0 aliphatic rings. The summed E-state index contributed by atoms with van der Waals surface area (Å²) < 4.78 is 4.92. The van der Waals surface area contributed by atoms with Gasteiger partial charge >= 0.3 is 5.97 Å². The Morgan fingerprint density at radius 1 is 1.40 bits per heavy atom. The summed E-state index contributed by atoms with van der Waals surface area (Å²) in [6.45, 7) is 1.86. The van der Waals surface area contributed by atoms with E-state index in [-0.39, 0.29) is 5.97 Å². The quantitative estimate of drug-likeness (QED) is 0.777. The summed E-state index contributed by atoms with van der Waals surface area (Å²) in [6, 6.07) is 8.15. The van der Waals surface area contributed by atoms with Crippen molar-refractivity contribution in [2.24, 2.45) is 0 Å². The number of carbonyl (C=O) groups is 1. The summed E-state index contributed by atoms with van der Waals surface area (Å²) in [7, 11) is 0. The molecule has 1 aromatic carbocycles. The molecule has 0 radical (unpaired) electrons. The highest BCUT2D eigenvalue weighted by Crippen LogP contribution is 2.17. The highest BCUT2D eigenvalue weighted by molar-refractivity contribution is 5.82. The van der Waals surface area contributed by atoms with E-state index in [4.69, 9.17) is 4.74 Å². The van der Waals surface area contributed by atoms with Gasteiger partial charge in [-0.2, -0.15) is 0 Å². The Hall–Kier alpha value is -1.77. The van der Waals surface area contributed by atoms with Crippen LogP contribution in [0.3, 0.4) is 0 Å². The number of aromatic nitrogens is 1. The van der Waals surface area contributed by atoms with Crippen LogP contribution in [0.25, 0.3) is 10.9 Å². The van der Waals surface area contributed by atoms with Crippen molar-refractivity contribution >= 4 is 16.9 Å². The van der Waals surface area contributed by atoms with E-state index in [9.17, 15) is 4.79 Å². The van der Waals surface area contributed by atoms with E-state index >= 15 is 0 Å². The molecular formula is C12H13NO2. The molecular weight excluding hydrogens is 190 g/mol. The molecule has 0 amide bonds. The maximum atomic E-state index is 10.6. The minimum atomic E-state index is -0.228. The van der Waals surface area contributed by atoms with Crippen LogP contribution >= 0.6 is 0 Å². The summed E-state index contributed by atoms with van der Waals surface area (Å²) in [4.78, 5) is 13.8. The van der Waals surface area contributed by atoms with Crippen LogP contribution in [0.15, 0.2) is 30.5 Å². The molecule has 1 aromatic heterocycles. The van der Waals surface area contributed by atoms with Crippen molar-refractivity contribution in [3.8, 4) is 0 Å². The molecule has 2 aromatic rings. The molecule has 0 atom stereocenters. The zero-order valence-corrected chi connectivity index (χ0v) is 8.62. The minimum absolute atomic E-state index is 0.228. The van der Waals surface area contributed by atoms with Crippen LogP contribution in [0.1, 0.15) is 12.5 Å². The third kappa shape index (κ3) is 2.18. The van der Waals surface area contributed by atoms with Crippen LogP contribution in [0.2, 0.25) is 0 Å². The van der Waals surface area contributed by atoms with Gasteiger partial charge in [0, 0.05) is 25.1 Å². The summed E-state index contributed by atoms with van der Waals surface area (Å²) >= 11 is 0. The Morgan fingerprint density at radius 2 is 2.27 bits per heavy atom. The van der Waals surface area contributed by atoms with Gasteiger partial charge in [-0.1, -0.05) is 18.2 Å². The molecule has 15 heavy (non-hydrogen) atoms. The van der Waals surface area contributed by atoms with Gasteiger partial charge in [0.05, 0.1) is 6.61 Å². The predicted octanol–water partition coefficient (Wildman–Crippen LogP) is 2.27. The van der Waals surface area contributed by atoms with Gasteiger partial charge in [0.2, 0.25) is 0 Å². The zero-order valence-electron chi connectivity index (χ0n) is 8.62. The number of H-pyrrole nitrogens is 1. The first-order valence-corrected chi connectivity index (χ1v) is 4.96. The predicted molar refractivity (Wildman–Crippen MR) is 58.6 cm³/mol. The number of aromatic amines is 1. The van der Waals surface area contributed by atoms with Crippen LogP contribution < -0.4 is 0 Å². The van der Waals surface area contributed by atoms with Gasteiger partial charge in [0.1, 0.15) is 0 Å². The SMILES string of the molecule is CC(=O)OCCc1cccc2cc[nH]c12. The van der Waals surface area contributed by atoms with Gasteiger partial charge in [0.25, 0.3) is 0 Å². The topological polar surface area (TPSA) is 42.1 Å². The Bertz CT molecular complexity index is 473. The largest absolute Gasteiger partial charge is 0.466 e. The molecule has 2 rings (SSSR count). The average Bonchev–Trinajstić information content (AvgIpc) is 2.65. The van der Waals surface area contributed by atoms with Crippen LogP contribution in [0, 0.1) is 0 Å². The van der Waals surface area contributed by atoms with Crippen LogP contribution in [-0.2, 0) is 16.0 Å². The molecule has 0 saturated heterocycles. The highest BCUT2D eigenvalue weighted by Gasteiger charge is 2.02. The van der Waals surface area contributed by atoms with E-state index in [1.54, 1.807) is 0 Å². The lowest BCUT2D eigenvalue weighted by Crippen LogP contribution is -2.03. The summed E-state index contributed by atoms with van der Waals surface area (Å²) in [6.07, 6.45) is 2.66. The second-order valence-electron chi connectivity index (χ2n) is 3.45. The minimum Gasteiger partial charge on any atom is -0.466 e. The van der Waals surface area contributed by atoms with E-state index in [0.717, 1.165) is 11.9 Å². The first-order valence-electron chi connectivity index (χ1n) is 4.96. The molecule has 0 spiro atoms. The number of para-hydroxylation sites is 1. The van der Waals surface area contributed by atoms with Crippen LogP contribution in [0.4, 0.5) is 0 Å². The van der Waals surface area contributed by atoms with Crippen LogP contribution in [0.5, 0.6) is 0 Å². The summed E-state index contributed by atoms with van der Waals surface area (Å²) in [5.74, 6) is -0.228. The Kier molecular flexibility index (Phi) is 2.72. The van der Waals surface area contributed by atoms with Gasteiger partial charge in [-0.3, -0.25) is 4.79 Å². The number of esters is 1. The monoisotopic (exact) mass is 203 g/mol. The van der Waals surface area contributed by atoms with Crippen molar-refractivity contribution in [2.75, 3.05) is 6.61 Å². The van der Waals surface area contributed by atoms with Crippen molar-refractivity contribution in [3.05, 3.63) is 36.0 Å². The third-order valence-corrected chi connectivity index (χ3v) is 2.35. The molecule has 0 saturated carbocycles. The van der Waals surface area contributed by atoms with Crippen LogP contribution in [-0.4, -0.2) is 17.6 Å². The van der Waals surface area contributed by atoms with E-state index in [1.165, 1.54) is 17.9 Å². The number of hydrogen-bond acceptors (Lipinski definition) is 2. The van der Waals surface area contributed by atoms with Crippen molar-refractivity contribution in [2.45, 2.75) is 13.3 Å². The lowest BCUT2D eigenvalue weighted by molar-refractivity contribution is -0.140. The normalized spacial score (nSPS) is 10.5. The molecule has 3 nitrogen and oxygen atoms in total. The Balaban J connectivity index is 2.13. The van der Waals surface area contributed by atoms with E-state index in [2.05, 4.69) is 11.1 Å². The maximum absolute atomic E-state index is 10.6. The van der Waals surface area contributed by atoms with Gasteiger partial charge < -0.3 is 9.72 Å². The second-order valence-corrected chi connectivity index (χ2v) is 3.45. The first-order chi connectivity index (χ1) is 7.27. The molecule has 0 unspecified atom stereocenters.